The molecule has 0 aliphatic carbocycles. The zero-order valence-electron chi connectivity index (χ0n) is 7.75. The summed E-state index contributed by atoms with van der Waals surface area (Å²) in [5.74, 6) is 0.279. The van der Waals surface area contributed by atoms with E-state index in [4.69, 9.17) is 10.5 Å². The number of hydrogen-bond acceptors (Lipinski definition) is 4. The van der Waals surface area contributed by atoms with Gasteiger partial charge in [-0.25, -0.2) is 0 Å². The van der Waals surface area contributed by atoms with Crippen LogP contribution in [0.4, 0.5) is 0 Å². The lowest BCUT2D eigenvalue weighted by Crippen LogP contribution is -2.31. The summed E-state index contributed by atoms with van der Waals surface area (Å²) in [6, 6.07) is 0. The fourth-order valence-electron chi connectivity index (χ4n) is 0.633. The molecule has 5 nitrogen and oxygen atoms in total. The summed E-state index contributed by atoms with van der Waals surface area (Å²) in [6.07, 6.45) is 1.59. The van der Waals surface area contributed by atoms with Crippen LogP contribution < -0.4 is 11.1 Å². The molecule has 6 heteroatoms. The number of nitrogens with two attached hydrogens (primary N) is 1. The van der Waals surface area contributed by atoms with Gasteiger partial charge in [0.1, 0.15) is 6.61 Å². The molecule has 0 saturated heterocycles. The lowest BCUT2D eigenvalue weighted by Gasteiger charge is -2.03. The maximum absolute atomic E-state index is 10.9. The Morgan fingerprint density at radius 1 is 1.62 bits per heavy atom. The highest BCUT2D eigenvalue weighted by atomic mass is 32.2. The molecule has 0 aromatic carbocycles. The normalized spacial score (nSPS) is 12.5. The van der Waals surface area contributed by atoms with Crippen LogP contribution in [0.15, 0.2) is 0 Å². The zero-order chi connectivity index (χ0) is 10.1. The molecule has 0 aliphatic heterocycles. The van der Waals surface area contributed by atoms with Gasteiger partial charge in [0.05, 0.1) is 6.61 Å². The quantitative estimate of drug-likeness (QED) is 0.497. The molecule has 0 radical (unpaired) electrons. The number of hydrogen-bond donors (Lipinski definition) is 2. The summed E-state index contributed by atoms with van der Waals surface area (Å²) in [5.41, 5.74) is 5.16. The Morgan fingerprint density at radius 3 is 2.85 bits per heavy atom. The van der Waals surface area contributed by atoms with E-state index in [0.717, 1.165) is 0 Å². The third-order valence-corrected chi connectivity index (χ3v) is 1.99. The van der Waals surface area contributed by atoms with Crippen molar-refractivity contribution in [1.29, 1.82) is 0 Å². The highest BCUT2D eigenvalue weighted by molar-refractivity contribution is 7.84. The van der Waals surface area contributed by atoms with E-state index in [0.29, 0.717) is 25.4 Å². The van der Waals surface area contributed by atoms with Gasteiger partial charge in [0.15, 0.2) is 0 Å². The van der Waals surface area contributed by atoms with E-state index in [9.17, 15) is 9.00 Å². The van der Waals surface area contributed by atoms with Gasteiger partial charge in [-0.05, 0) is 0 Å². The number of rotatable bonds is 7. The number of ether oxygens (including phenoxy) is 1. The largest absolute Gasteiger partial charge is 0.370 e. The lowest BCUT2D eigenvalue weighted by atomic mass is 10.6. The minimum absolute atomic E-state index is 0.0214. The number of carbonyl (C=O) groups excluding carboxylic acids is 1. The van der Waals surface area contributed by atoms with Gasteiger partial charge in [-0.1, -0.05) is 0 Å². The third-order valence-electron chi connectivity index (χ3n) is 1.21. The van der Waals surface area contributed by atoms with E-state index < -0.39 is 10.8 Å². The van der Waals surface area contributed by atoms with Crippen LogP contribution in [0.25, 0.3) is 0 Å². The summed E-state index contributed by atoms with van der Waals surface area (Å²) in [5, 5.41) is 2.58. The van der Waals surface area contributed by atoms with Crippen molar-refractivity contribution in [3.63, 3.8) is 0 Å². The molecular weight excluding hydrogens is 192 g/mol. The minimum Gasteiger partial charge on any atom is -0.370 e. The van der Waals surface area contributed by atoms with Crippen LogP contribution in [0.2, 0.25) is 0 Å². The average molecular weight is 208 g/mol. The molecule has 1 unspecified atom stereocenters. The second-order valence-corrected chi connectivity index (χ2v) is 4.02. The molecule has 1 amide bonds. The van der Waals surface area contributed by atoms with Crippen molar-refractivity contribution in [2.45, 2.75) is 0 Å². The average Bonchev–Trinajstić information content (AvgIpc) is 2.04. The Labute approximate surface area is 80.5 Å². The summed E-state index contributed by atoms with van der Waals surface area (Å²) in [7, 11) is -0.865. The van der Waals surface area contributed by atoms with Crippen LogP contribution in [0.1, 0.15) is 0 Å². The van der Waals surface area contributed by atoms with Crippen LogP contribution >= 0.6 is 0 Å². The summed E-state index contributed by atoms with van der Waals surface area (Å²) in [6.45, 7) is 1.24. The molecule has 3 N–H and O–H groups in total. The maximum Gasteiger partial charge on any atom is 0.246 e. The molecule has 0 heterocycles. The lowest BCUT2D eigenvalue weighted by molar-refractivity contribution is -0.125. The molecule has 0 saturated carbocycles. The van der Waals surface area contributed by atoms with Crippen molar-refractivity contribution in [2.24, 2.45) is 5.73 Å². The predicted molar refractivity (Wildman–Crippen MR) is 51.8 cm³/mol. The van der Waals surface area contributed by atoms with Gasteiger partial charge < -0.3 is 15.8 Å². The molecule has 0 bridgehead atoms. The summed E-state index contributed by atoms with van der Waals surface area (Å²) >= 11 is 0. The van der Waals surface area contributed by atoms with Crippen molar-refractivity contribution < 1.29 is 13.7 Å². The van der Waals surface area contributed by atoms with Crippen molar-refractivity contribution >= 4 is 16.7 Å². The van der Waals surface area contributed by atoms with Crippen LogP contribution in [0.5, 0.6) is 0 Å². The molecule has 0 aliphatic rings. The second kappa shape index (κ2) is 8.15. The Hall–Kier alpha value is -0.460. The fraction of sp³-hybridized carbons (Fsp3) is 0.857. The molecule has 0 rings (SSSR count). The van der Waals surface area contributed by atoms with Gasteiger partial charge in [0.2, 0.25) is 5.91 Å². The molecule has 0 aromatic rings. The number of carbonyl (C=O) groups is 1. The Balaban J connectivity index is 3.25. The van der Waals surface area contributed by atoms with Gasteiger partial charge in [0.25, 0.3) is 0 Å². The monoisotopic (exact) mass is 208 g/mol. The number of amides is 1. The molecule has 0 fully saturated rings. The minimum atomic E-state index is -0.865. The third kappa shape index (κ3) is 9.45. The van der Waals surface area contributed by atoms with E-state index in [2.05, 4.69) is 5.32 Å². The molecule has 78 valence electrons. The SMILES string of the molecule is CS(=O)CCNC(=O)COCCN. The smallest absolute Gasteiger partial charge is 0.246 e. The molecule has 0 aromatic heterocycles. The Kier molecular flexibility index (Phi) is 7.86. The fourth-order valence-corrected chi connectivity index (χ4v) is 1.02. The Morgan fingerprint density at radius 2 is 2.31 bits per heavy atom. The first kappa shape index (κ1) is 12.5. The van der Waals surface area contributed by atoms with E-state index in [1.54, 1.807) is 6.26 Å². The summed E-state index contributed by atoms with van der Waals surface area (Å²) in [4.78, 5) is 10.9. The maximum atomic E-state index is 10.9. The van der Waals surface area contributed by atoms with E-state index in [1.165, 1.54) is 0 Å². The first-order valence-electron chi connectivity index (χ1n) is 4.01. The van der Waals surface area contributed by atoms with Gasteiger partial charge in [-0.2, -0.15) is 0 Å². The van der Waals surface area contributed by atoms with Gasteiger partial charge in [-0.3, -0.25) is 9.00 Å². The first-order chi connectivity index (χ1) is 6.16. The zero-order valence-corrected chi connectivity index (χ0v) is 8.56. The molecular formula is C7H16N2O3S. The molecule has 1 atom stereocenters. The van der Waals surface area contributed by atoms with Gasteiger partial charge in [0, 0.05) is 35.9 Å². The van der Waals surface area contributed by atoms with Crippen LogP contribution in [-0.4, -0.2) is 48.4 Å². The van der Waals surface area contributed by atoms with Crippen molar-refractivity contribution in [2.75, 3.05) is 38.3 Å². The standard InChI is InChI=1S/C7H16N2O3S/c1-13(11)5-3-9-7(10)6-12-4-2-8/h2-6,8H2,1H3,(H,9,10). The second-order valence-electron chi connectivity index (χ2n) is 2.47. The van der Waals surface area contributed by atoms with E-state index in [-0.39, 0.29) is 12.5 Å². The summed E-state index contributed by atoms with van der Waals surface area (Å²) < 4.78 is 15.5. The van der Waals surface area contributed by atoms with Crippen LogP contribution in [0.3, 0.4) is 0 Å². The van der Waals surface area contributed by atoms with Crippen molar-refractivity contribution in [1.82, 2.24) is 5.32 Å². The predicted octanol–water partition coefficient (Wildman–Crippen LogP) is -1.54. The van der Waals surface area contributed by atoms with Gasteiger partial charge in [-0.15, -0.1) is 0 Å². The van der Waals surface area contributed by atoms with Crippen LogP contribution in [-0.2, 0) is 20.3 Å². The van der Waals surface area contributed by atoms with E-state index >= 15 is 0 Å². The molecule has 13 heavy (non-hydrogen) atoms. The first-order valence-corrected chi connectivity index (χ1v) is 5.74. The molecule has 0 spiro atoms. The van der Waals surface area contributed by atoms with Crippen molar-refractivity contribution in [3.05, 3.63) is 0 Å². The van der Waals surface area contributed by atoms with Crippen LogP contribution in [0, 0.1) is 0 Å². The van der Waals surface area contributed by atoms with Crippen molar-refractivity contribution in [3.8, 4) is 0 Å². The van der Waals surface area contributed by atoms with Gasteiger partial charge >= 0.3 is 0 Å². The Bertz CT molecular complexity index is 175. The number of nitrogens with one attached hydrogen (secondary N) is 1. The highest BCUT2D eigenvalue weighted by Gasteiger charge is 1.99. The topological polar surface area (TPSA) is 81.4 Å². The van der Waals surface area contributed by atoms with E-state index in [1.807, 2.05) is 0 Å². The highest BCUT2D eigenvalue weighted by Crippen LogP contribution is 1.75.